The second-order valence-corrected chi connectivity index (χ2v) is 9.03. The second kappa shape index (κ2) is 8.37. The molecule has 0 saturated carbocycles. The van der Waals surface area contributed by atoms with Crippen molar-refractivity contribution in [1.29, 1.82) is 0 Å². The minimum absolute atomic E-state index is 0.227. The highest BCUT2D eigenvalue weighted by Gasteiger charge is 2.27. The van der Waals surface area contributed by atoms with Crippen LogP contribution in [0.3, 0.4) is 0 Å². The predicted octanol–water partition coefficient (Wildman–Crippen LogP) is 3.17. The van der Waals surface area contributed by atoms with Gasteiger partial charge in [0, 0.05) is 12.1 Å². The second-order valence-electron chi connectivity index (χ2n) is 7.13. The van der Waals surface area contributed by atoms with Gasteiger partial charge in [-0.1, -0.05) is 26.0 Å². The van der Waals surface area contributed by atoms with Crippen molar-refractivity contribution in [3.05, 3.63) is 64.2 Å². The number of rotatable bonds is 7. The van der Waals surface area contributed by atoms with Crippen LogP contribution < -0.4 is 4.31 Å². The van der Waals surface area contributed by atoms with Gasteiger partial charge in [0.1, 0.15) is 0 Å². The number of fused-ring (bicyclic) bond motifs is 1. The van der Waals surface area contributed by atoms with Gasteiger partial charge < -0.3 is 4.74 Å². The number of nitrogens with zero attached hydrogens (tertiary/aromatic N) is 1. The average molecular weight is 416 g/mol. The van der Waals surface area contributed by atoms with E-state index in [2.05, 4.69) is 0 Å². The van der Waals surface area contributed by atoms with Gasteiger partial charge in [0.25, 0.3) is 0 Å². The molecule has 1 aliphatic heterocycles. The molecule has 0 aliphatic carbocycles. The Morgan fingerprint density at radius 3 is 2.48 bits per heavy atom. The molecule has 0 saturated heterocycles. The topological polar surface area (TPSA) is 80.8 Å². The van der Waals surface area contributed by atoms with Gasteiger partial charge in [0.15, 0.2) is 6.61 Å². The van der Waals surface area contributed by atoms with Crippen LogP contribution in [0.25, 0.3) is 0 Å². The molecule has 6 nitrogen and oxygen atoms in total. The summed E-state index contributed by atoms with van der Waals surface area (Å²) in [7, 11) is -3.34. The highest BCUT2D eigenvalue weighted by molar-refractivity contribution is 7.92. The molecule has 0 amide bonds. The molecule has 3 rings (SSSR count). The van der Waals surface area contributed by atoms with Crippen LogP contribution in [0.15, 0.2) is 36.4 Å². The molecular weight excluding hydrogens is 390 g/mol. The highest BCUT2D eigenvalue weighted by Crippen LogP contribution is 2.30. The summed E-state index contributed by atoms with van der Waals surface area (Å²) in [5.74, 6) is -0.821. The first-order chi connectivity index (χ1) is 13.7. The van der Waals surface area contributed by atoms with Crippen LogP contribution in [-0.2, 0) is 34.0 Å². The number of aryl methyl sites for hydroxylation is 2. The van der Waals surface area contributed by atoms with E-state index in [4.69, 9.17) is 4.74 Å². The third-order valence-corrected chi connectivity index (χ3v) is 6.35. The van der Waals surface area contributed by atoms with Gasteiger partial charge in [-0.25, -0.2) is 13.2 Å². The lowest BCUT2D eigenvalue weighted by Crippen LogP contribution is -2.27. The minimum atomic E-state index is -3.34. The fourth-order valence-electron chi connectivity index (χ4n) is 3.55. The summed E-state index contributed by atoms with van der Waals surface area (Å²) >= 11 is 0. The molecule has 0 fully saturated rings. The zero-order chi connectivity index (χ0) is 21.2. The van der Waals surface area contributed by atoms with E-state index in [1.807, 2.05) is 32.0 Å². The first-order valence-electron chi connectivity index (χ1n) is 9.67. The number of ketones is 1. The molecule has 0 N–H and O–H groups in total. The summed E-state index contributed by atoms with van der Waals surface area (Å²) in [5.41, 5.74) is 4.26. The monoisotopic (exact) mass is 415 g/mol. The molecule has 29 heavy (non-hydrogen) atoms. The molecule has 2 aromatic carbocycles. The average Bonchev–Trinajstić information content (AvgIpc) is 3.14. The number of sulfonamides is 1. The Labute approximate surface area is 171 Å². The summed E-state index contributed by atoms with van der Waals surface area (Å²) in [6, 6.07) is 10.6. The number of carbonyl (C=O) groups excluding carboxylic acids is 2. The van der Waals surface area contributed by atoms with E-state index in [0.29, 0.717) is 29.8 Å². The summed E-state index contributed by atoms with van der Waals surface area (Å²) in [6.45, 7) is 4.03. The summed E-state index contributed by atoms with van der Waals surface area (Å²) in [5, 5.41) is 0. The standard InChI is InChI=1S/C22H25NO5S/c1-4-15-6-7-16(5-2)19(12-15)21(24)14-28-22(25)18-8-9-20-17(13-18)10-11-23(20)29(3,26)27/h6-9,12-13H,4-5,10-11,14H2,1-3H3. The van der Waals surface area contributed by atoms with Crippen molar-refractivity contribution in [3.63, 3.8) is 0 Å². The molecule has 0 atom stereocenters. The van der Waals surface area contributed by atoms with Crippen molar-refractivity contribution in [2.24, 2.45) is 0 Å². The number of esters is 1. The smallest absolute Gasteiger partial charge is 0.338 e. The number of ether oxygens (including phenoxy) is 1. The number of anilines is 1. The van der Waals surface area contributed by atoms with Gasteiger partial charge in [-0.15, -0.1) is 0 Å². The molecule has 0 aromatic heterocycles. The zero-order valence-corrected chi connectivity index (χ0v) is 17.7. The van der Waals surface area contributed by atoms with Crippen molar-refractivity contribution in [2.75, 3.05) is 23.7 Å². The minimum Gasteiger partial charge on any atom is -0.454 e. The summed E-state index contributed by atoms with van der Waals surface area (Å²) < 4.78 is 30.2. The fourth-order valence-corrected chi connectivity index (χ4v) is 4.50. The number of Topliss-reactive ketones (excluding diaryl/α,β-unsaturated/α-hetero) is 1. The Morgan fingerprint density at radius 2 is 1.83 bits per heavy atom. The van der Waals surface area contributed by atoms with Gasteiger partial charge in [0.05, 0.1) is 17.5 Å². The summed E-state index contributed by atoms with van der Waals surface area (Å²) in [6.07, 6.45) is 3.24. The van der Waals surface area contributed by atoms with Crippen LogP contribution in [-0.4, -0.2) is 39.6 Å². The third kappa shape index (κ3) is 4.50. The van der Waals surface area contributed by atoms with Gasteiger partial charge in [-0.3, -0.25) is 9.10 Å². The number of hydrogen-bond acceptors (Lipinski definition) is 5. The molecule has 154 valence electrons. The maximum Gasteiger partial charge on any atom is 0.338 e. The van der Waals surface area contributed by atoms with Crippen LogP contribution in [0.5, 0.6) is 0 Å². The molecule has 1 aliphatic rings. The van der Waals surface area contributed by atoms with Crippen LogP contribution >= 0.6 is 0 Å². The Bertz CT molecular complexity index is 1060. The lowest BCUT2D eigenvalue weighted by atomic mass is 9.98. The van der Waals surface area contributed by atoms with Crippen LogP contribution in [0.4, 0.5) is 5.69 Å². The van der Waals surface area contributed by atoms with E-state index in [9.17, 15) is 18.0 Å². The maximum atomic E-state index is 12.6. The molecule has 2 aromatic rings. The molecule has 0 spiro atoms. The number of carbonyl (C=O) groups is 2. The van der Waals surface area contributed by atoms with E-state index in [0.717, 1.165) is 35.8 Å². The third-order valence-electron chi connectivity index (χ3n) is 5.17. The van der Waals surface area contributed by atoms with Gasteiger partial charge >= 0.3 is 5.97 Å². The zero-order valence-electron chi connectivity index (χ0n) is 16.9. The predicted molar refractivity (Wildman–Crippen MR) is 112 cm³/mol. The fraction of sp³-hybridized carbons (Fsp3) is 0.364. The van der Waals surface area contributed by atoms with E-state index < -0.39 is 16.0 Å². The highest BCUT2D eigenvalue weighted by atomic mass is 32.2. The molecule has 1 heterocycles. The molecule has 7 heteroatoms. The number of hydrogen-bond donors (Lipinski definition) is 0. The van der Waals surface area contributed by atoms with Crippen LogP contribution in [0.2, 0.25) is 0 Å². The Balaban J connectivity index is 1.71. The summed E-state index contributed by atoms with van der Waals surface area (Å²) in [4.78, 5) is 25.0. The lowest BCUT2D eigenvalue weighted by Gasteiger charge is -2.16. The largest absolute Gasteiger partial charge is 0.454 e. The van der Waals surface area contributed by atoms with E-state index in [-0.39, 0.29) is 12.4 Å². The van der Waals surface area contributed by atoms with Crippen molar-refractivity contribution >= 4 is 27.5 Å². The van der Waals surface area contributed by atoms with E-state index in [1.165, 1.54) is 10.4 Å². The van der Waals surface area contributed by atoms with Crippen molar-refractivity contribution in [2.45, 2.75) is 33.1 Å². The van der Waals surface area contributed by atoms with Crippen molar-refractivity contribution in [3.8, 4) is 0 Å². The maximum absolute atomic E-state index is 12.6. The van der Waals surface area contributed by atoms with Crippen molar-refractivity contribution in [1.82, 2.24) is 0 Å². The molecule has 0 radical (unpaired) electrons. The quantitative estimate of drug-likeness (QED) is 0.513. The molecule has 0 bridgehead atoms. The Hall–Kier alpha value is -2.67. The van der Waals surface area contributed by atoms with Gasteiger partial charge in [-0.2, -0.15) is 0 Å². The first-order valence-corrected chi connectivity index (χ1v) is 11.5. The Morgan fingerprint density at radius 1 is 1.07 bits per heavy atom. The van der Waals surface area contributed by atoms with Gasteiger partial charge in [0.2, 0.25) is 15.8 Å². The van der Waals surface area contributed by atoms with Crippen molar-refractivity contribution < 1.29 is 22.7 Å². The van der Waals surface area contributed by atoms with E-state index >= 15 is 0 Å². The normalized spacial score (nSPS) is 13.3. The molecular formula is C22H25NO5S. The SMILES string of the molecule is CCc1ccc(CC)c(C(=O)COC(=O)c2ccc3c(c2)CCN3S(C)(=O)=O)c1. The van der Waals surface area contributed by atoms with Crippen LogP contribution in [0.1, 0.15) is 51.3 Å². The first kappa shape index (κ1) is 21.0. The van der Waals surface area contributed by atoms with Crippen LogP contribution in [0, 0.1) is 0 Å². The molecule has 0 unspecified atom stereocenters. The van der Waals surface area contributed by atoms with Gasteiger partial charge in [-0.05, 0) is 60.2 Å². The number of benzene rings is 2. The Kier molecular flexibility index (Phi) is 6.07. The lowest BCUT2D eigenvalue weighted by molar-refractivity contribution is 0.0474. The van der Waals surface area contributed by atoms with E-state index in [1.54, 1.807) is 12.1 Å².